The number of methoxy groups -OCH3 is 1. The van der Waals surface area contributed by atoms with Gasteiger partial charge in [-0.3, -0.25) is 0 Å². The highest BCUT2D eigenvalue weighted by molar-refractivity contribution is 7.14. The van der Waals surface area contributed by atoms with Crippen LogP contribution >= 0.6 is 11.3 Å². The van der Waals surface area contributed by atoms with E-state index in [0.29, 0.717) is 0 Å². The summed E-state index contributed by atoms with van der Waals surface area (Å²) in [6, 6.07) is 6.11. The summed E-state index contributed by atoms with van der Waals surface area (Å²) in [5.41, 5.74) is 2.22. The molecule has 2 aromatic rings. The first-order valence-electron chi connectivity index (χ1n) is 6.36. The SMILES string of the molecule is CNCCCc1nnc(-c2cc(C)ccc2OC)s1. The molecule has 0 atom stereocenters. The van der Waals surface area contributed by atoms with E-state index in [-0.39, 0.29) is 0 Å². The number of aromatic nitrogens is 2. The van der Waals surface area contributed by atoms with Crippen molar-refractivity contribution < 1.29 is 4.74 Å². The van der Waals surface area contributed by atoms with Crippen LogP contribution in [0.5, 0.6) is 5.75 Å². The Morgan fingerprint density at radius 1 is 1.32 bits per heavy atom. The van der Waals surface area contributed by atoms with Crippen LogP contribution in [0.25, 0.3) is 10.6 Å². The number of hydrogen-bond acceptors (Lipinski definition) is 5. The zero-order chi connectivity index (χ0) is 13.7. The fourth-order valence-electron chi connectivity index (χ4n) is 1.87. The molecular formula is C14H19N3OS. The van der Waals surface area contributed by atoms with E-state index in [2.05, 4.69) is 28.5 Å². The summed E-state index contributed by atoms with van der Waals surface area (Å²) >= 11 is 1.64. The van der Waals surface area contributed by atoms with Gasteiger partial charge < -0.3 is 10.1 Å². The lowest BCUT2D eigenvalue weighted by Gasteiger charge is -2.06. The Balaban J connectivity index is 2.20. The van der Waals surface area contributed by atoms with Gasteiger partial charge in [-0.05, 0) is 39.1 Å². The third-order valence-electron chi connectivity index (χ3n) is 2.87. The van der Waals surface area contributed by atoms with Crippen LogP contribution in [0.3, 0.4) is 0 Å². The molecule has 0 saturated heterocycles. The zero-order valence-electron chi connectivity index (χ0n) is 11.6. The first kappa shape index (κ1) is 14.0. The van der Waals surface area contributed by atoms with Crippen molar-refractivity contribution in [3.05, 3.63) is 28.8 Å². The normalized spacial score (nSPS) is 10.7. The molecule has 1 heterocycles. The van der Waals surface area contributed by atoms with E-state index in [9.17, 15) is 0 Å². The molecule has 0 amide bonds. The monoisotopic (exact) mass is 277 g/mol. The lowest BCUT2D eigenvalue weighted by atomic mass is 10.1. The van der Waals surface area contributed by atoms with Gasteiger partial charge in [0, 0.05) is 6.42 Å². The number of benzene rings is 1. The van der Waals surface area contributed by atoms with Gasteiger partial charge in [0.25, 0.3) is 0 Å². The van der Waals surface area contributed by atoms with Crippen molar-refractivity contribution in [1.29, 1.82) is 0 Å². The van der Waals surface area contributed by atoms with Gasteiger partial charge in [-0.1, -0.05) is 23.0 Å². The molecule has 0 aliphatic carbocycles. The Labute approximate surface area is 117 Å². The first-order valence-corrected chi connectivity index (χ1v) is 7.18. The highest BCUT2D eigenvalue weighted by Gasteiger charge is 2.11. The molecule has 19 heavy (non-hydrogen) atoms. The average molecular weight is 277 g/mol. The van der Waals surface area contributed by atoms with Crippen molar-refractivity contribution in [3.8, 4) is 16.3 Å². The number of rotatable bonds is 6. The number of nitrogens with zero attached hydrogens (tertiary/aromatic N) is 2. The van der Waals surface area contributed by atoms with Crippen molar-refractivity contribution >= 4 is 11.3 Å². The molecule has 0 fully saturated rings. The predicted molar refractivity (Wildman–Crippen MR) is 78.9 cm³/mol. The third kappa shape index (κ3) is 3.52. The van der Waals surface area contributed by atoms with E-state index in [1.807, 2.05) is 19.2 Å². The van der Waals surface area contributed by atoms with Gasteiger partial charge in [-0.2, -0.15) is 0 Å². The van der Waals surface area contributed by atoms with Crippen LogP contribution in [0.1, 0.15) is 17.0 Å². The maximum absolute atomic E-state index is 5.39. The van der Waals surface area contributed by atoms with Gasteiger partial charge in [0.1, 0.15) is 10.8 Å². The van der Waals surface area contributed by atoms with Crippen LogP contribution in [0, 0.1) is 6.92 Å². The molecular weight excluding hydrogens is 258 g/mol. The maximum atomic E-state index is 5.39. The minimum absolute atomic E-state index is 0.850. The second-order valence-corrected chi connectivity index (χ2v) is 5.47. The Kier molecular flexibility index (Phi) is 4.87. The first-order chi connectivity index (χ1) is 9.24. The predicted octanol–water partition coefficient (Wildman–Crippen LogP) is 2.67. The number of hydrogen-bond donors (Lipinski definition) is 1. The molecule has 1 N–H and O–H groups in total. The van der Waals surface area contributed by atoms with Crippen molar-refractivity contribution in [2.75, 3.05) is 20.7 Å². The molecule has 5 heteroatoms. The Morgan fingerprint density at radius 3 is 2.89 bits per heavy atom. The van der Waals surface area contributed by atoms with Crippen LogP contribution in [0.15, 0.2) is 18.2 Å². The summed E-state index contributed by atoms with van der Waals surface area (Å²) in [7, 11) is 3.65. The van der Waals surface area contributed by atoms with Crippen LogP contribution < -0.4 is 10.1 Å². The smallest absolute Gasteiger partial charge is 0.151 e. The molecule has 102 valence electrons. The van der Waals surface area contributed by atoms with Crippen molar-refractivity contribution in [1.82, 2.24) is 15.5 Å². The lowest BCUT2D eigenvalue weighted by Crippen LogP contribution is -2.08. The van der Waals surface area contributed by atoms with Gasteiger partial charge in [-0.15, -0.1) is 10.2 Å². The Bertz CT molecular complexity index is 539. The van der Waals surface area contributed by atoms with E-state index >= 15 is 0 Å². The molecule has 0 saturated carbocycles. The van der Waals surface area contributed by atoms with Gasteiger partial charge >= 0.3 is 0 Å². The second kappa shape index (κ2) is 6.63. The summed E-state index contributed by atoms with van der Waals surface area (Å²) in [4.78, 5) is 0. The summed E-state index contributed by atoms with van der Waals surface area (Å²) in [5, 5.41) is 13.7. The molecule has 4 nitrogen and oxygen atoms in total. The number of nitrogens with one attached hydrogen (secondary N) is 1. The summed E-state index contributed by atoms with van der Waals surface area (Å²) < 4.78 is 5.39. The molecule has 0 unspecified atom stereocenters. The van der Waals surface area contributed by atoms with Crippen molar-refractivity contribution in [2.24, 2.45) is 0 Å². The van der Waals surface area contributed by atoms with E-state index in [1.165, 1.54) is 5.56 Å². The van der Waals surface area contributed by atoms with Crippen LogP contribution in [-0.2, 0) is 6.42 Å². The summed E-state index contributed by atoms with van der Waals surface area (Å²) in [6.45, 7) is 3.07. The molecule has 1 aromatic carbocycles. The molecule has 2 rings (SSSR count). The third-order valence-corrected chi connectivity index (χ3v) is 3.89. The van der Waals surface area contributed by atoms with E-state index in [1.54, 1.807) is 18.4 Å². The summed E-state index contributed by atoms with van der Waals surface area (Å²) in [5.74, 6) is 0.850. The highest BCUT2D eigenvalue weighted by atomic mass is 32.1. The minimum atomic E-state index is 0.850. The zero-order valence-corrected chi connectivity index (χ0v) is 12.4. The summed E-state index contributed by atoms with van der Waals surface area (Å²) in [6.07, 6.45) is 2.04. The maximum Gasteiger partial charge on any atom is 0.151 e. The lowest BCUT2D eigenvalue weighted by molar-refractivity contribution is 0.416. The number of ether oxygens (including phenoxy) is 1. The van der Waals surface area contributed by atoms with Gasteiger partial charge in [-0.25, -0.2) is 0 Å². The average Bonchev–Trinajstić information content (AvgIpc) is 2.88. The fraction of sp³-hybridized carbons (Fsp3) is 0.429. The van der Waals surface area contributed by atoms with Crippen LogP contribution in [0.4, 0.5) is 0 Å². The fourth-order valence-corrected chi connectivity index (χ4v) is 2.77. The quantitative estimate of drug-likeness (QED) is 0.825. The molecule has 0 bridgehead atoms. The van der Waals surface area contributed by atoms with Gasteiger partial charge in [0.15, 0.2) is 5.01 Å². The van der Waals surface area contributed by atoms with Crippen molar-refractivity contribution in [3.63, 3.8) is 0 Å². The van der Waals surface area contributed by atoms with E-state index in [0.717, 1.165) is 40.7 Å². The Hall–Kier alpha value is -1.46. The standard InChI is InChI=1S/C14H19N3OS/c1-10-6-7-12(18-3)11(9-10)14-17-16-13(19-14)5-4-8-15-2/h6-7,9,15H,4-5,8H2,1-3H3. The topological polar surface area (TPSA) is 47.0 Å². The molecule has 0 spiro atoms. The van der Waals surface area contributed by atoms with Gasteiger partial charge in [0.2, 0.25) is 0 Å². The van der Waals surface area contributed by atoms with Gasteiger partial charge in [0.05, 0.1) is 12.7 Å². The van der Waals surface area contributed by atoms with E-state index < -0.39 is 0 Å². The molecule has 0 aliphatic rings. The molecule has 0 aliphatic heterocycles. The molecule has 0 radical (unpaired) electrons. The van der Waals surface area contributed by atoms with Crippen LogP contribution in [0.2, 0.25) is 0 Å². The minimum Gasteiger partial charge on any atom is -0.496 e. The molecule has 1 aromatic heterocycles. The van der Waals surface area contributed by atoms with E-state index in [4.69, 9.17) is 4.74 Å². The largest absolute Gasteiger partial charge is 0.496 e. The van der Waals surface area contributed by atoms with Crippen LogP contribution in [-0.4, -0.2) is 30.9 Å². The number of aryl methyl sites for hydroxylation is 2. The Morgan fingerprint density at radius 2 is 2.16 bits per heavy atom. The van der Waals surface area contributed by atoms with Crippen molar-refractivity contribution in [2.45, 2.75) is 19.8 Å². The second-order valence-electron chi connectivity index (χ2n) is 4.41. The highest BCUT2D eigenvalue weighted by Crippen LogP contribution is 2.32.